The quantitative estimate of drug-likeness (QED) is 0.678. The summed E-state index contributed by atoms with van der Waals surface area (Å²) in [6, 6.07) is 12.4. The van der Waals surface area contributed by atoms with Crippen molar-refractivity contribution in [2.45, 2.75) is 6.92 Å². The molecule has 24 heavy (non-hydrogen) atoms. The minimum absolute atomic E-state index is 0.817. The maximum atomic E-state index is 4.81. The minimum atomic E-state index is 0.817. The van der Waals surface area contributed by atoms with E-state index in [9.17, 15) is 0 Å². The van der Waals surface area contributed by atoms with Gasteiger partial charge in [0.2, 0.25) is 0 Å². The molecular weight excluding hydrogens is 366 g/mol. The molecule has 0 atom stereocenters. The second kappa shape index (κ2) is 6.36. The van der Waals surface area contributed by atoms with E-state index < -0.39 is 0 Å². The monoisotopic (exact) mass is 383 g/mol. The van der Waals surface area contributed by atoms with Gasteiger partial charge in [-0.3, -0.25) is 0 Å². The van der Waals surface area contributed by atoms with Gasteiger partial charge in [0.15, 0.2) is 0 Å². The van der Waals surface area contributed by atoms with Gasteiger partial charge < -0.3 is 9.80 Å². The van der Waals surface area contributed by atoms with Gasteiger partial charge in [0.25, 0.3) is 0 Å². The van der Waals surface area contributed by atoms with E-state index in [1.165, 1.54) is 0 Å². The summed E-state index contributed by atoms with van der Waals surface area (Å²) in [5.41, 5.74) is 1.03. The van der Waals surface area contributed by atoms with Gasteiger partial charge in [-0.05, 0) is 43.3 Å². The number of piperazine rings is 1. The van der Waals surface area contributed by atoms with Crippen molar-refractivity contribution in [2.75, 3.05) is 36.0 Å². The highest BCUT2D eigenvalue weighted by atomic mass is 79.9. The van der Waals surface area contributed by atoms with Gasteiger partial charge in [0.1, 0.15) is 17.5 Å². The molecule has 0 aliphatic carbocycles. The summed E-state index contributed by atoms with van der Waals surface area (Å²) in [7, 11) is 0. The van der Waals surface area contributed by atoms with E-state index in [0.717, 1.165) is 59.0 Å². The number of hydrogen-bond acceptors (Lipinski definition) is 5. The van der Waals surface area contributed by atoms with Crippen molar-refractivity contribution in [3.63, 3.8) is 0 Å². The van der Waals surface area contributed by atoms with Crippen LogP contribution in [0.3, 0.4) is 0 Å². The van der Waals surface area contributed by atoms with Crippen molar-refractivity contribution in [2.24, 2.45) is 0 Å². The first-order valence-electron chi connectivity index (χ1n) is 8.05. The average Bonchev–Trinajstić information content (AvgIpc) is 2.61. The van der Waals surface area contributed by atoms with Crippen LogP contribution in [0.2, 0.25) is 0 Å². The Morgan fingerprint density at radius 1 is 0.875 bits per heavy atom. The first kappa shape index (κ1) is 15.3. The molecule has 0 saturated carbocycles. The number of benzene rings is 1. The van der Waals surface area contributed by atoms with Crippen LogP contribution in [0.15, 0.2) is 47.1 Å². The Kier molecular flexibility index (Phi) is 4.06. The lowest BCUT2D eigenvalue weighted by molar-refractivity contribution is 0.641. The molecule has 0 N–H and O–H groups in total. The lowest BCUT2D eigenvalue weighted by atomic mass is 10.2. The second-order valence-corrected chi connectivity index (χ2v) is 6.86. The zero-order valence-electron chi connectivity index (χ0n) is 13.5. The Labute approximate surface area is 149 Å². The number of aromatic nitrogens is 3. The van der Waals surface area contributed by atoms with Gasteiger partial charge >= 0.3 is 0 Å². The first-order valence-corrected chi connectivity index (χ1v) is 8.84. The molecule has 6 heteroatoms. The molecule has 1 aliphatic heterocycles. The van der Waals surface area contributed by atoms with Crippen molar-refractivity contribution < 1.29 is 0 Å². The van der Waals surface area contributed by atoms with Crippen LogP contribution in [0.4, 0.5) is 11.6 Å². The molecule has 3 heterocycles. The van der Waals surface area contributed by atoms with Crippen LogP contribution in [0.1, 0.15) is 5.82 Å². The highest BCUT2D eigenvalue weighted by molar-refractivity contribution is 9.10. The molecule has 5 nitrogen and oxygen atoms in total. The summed E-state index contributed by atoms with van der Waals surface area (Å²) in [6.45, 7) is 5.69. The van der Waals surface area contributed by atoms with Crippen molar-refractivity contribution >= 4 is 38.5 Å². The molecule has 1 aromatic carbocycles. The molecule has 0 spiro atoms. The lowest BCUT2D eigenvalue weighted by Gasteiger charge is -2.36. The van der Waals surface area contributed by atoms with Crippen LogP contribution in [-0.2, 0) is 0 Å². The molecule has 122 valence electrons. The van der Waals surface area contributed by atoms with E-state index in [1.807, 2.05) is 25.3 Å². The third-order valence-electron chi connectivity index (χ3n) is 4.33. The Morgan fingerprint density at radius 2 is 1.58 bits per heavy atom. The summed E-state index contributed by atoms with van der Waals surface area (Å²) in [4.78, 5) is 18.2. The second-order valence-electron chi connectivity index (χ2n) is 5.94. The number of nitrogens with zero attached hydrogens (tertiary/aromatic N) is 5. The van der Waals surface area contributed by atoms with Crippen LogP contribution in [0.5, 0.6) is 0 Å². The molecule has 0 unspecified atom stereocenters. The predicted octanol–water partition coefficient (Wildman–Crippen LogP) is 3.42. The Morgan fingerprint density at radius 3 is 2.29 bits per heavy atom. The third-order valence-corrected chi connectivity index (χ3v) is 4.82. The van der Waals surface area contributed by atoms with Crippen molar-refractivity contribution in [3.8, 4) is 0 Å². The summed E-state index contributed by atoms with van der Waals surface area (Å²) < 4.78 is 1.08. The van der Waals surface area contributed by atoms with Crippen LogP contribution in [0.25, 0.3) is 10.9 Å². The Bertz CT molecular complexity index is 874. The fourth-order valence-electron chi connectivity index (χ4n) is 3.05. The number of hydrogen-bond donors (Lipinski definition) is 0. The highest BCUT2D eigenvalue weighted by Gasteiger charge is 2.19. The lowest BCUT2D eigenvalue weighted by Crippen LogP contribution is -2.47. The smallest absolute Gasteiger partial charge is 0.132 e. The van der Waals surface area contributed by atoms with Crippen molar-refractivity contribution in [3.05, 3.63) is 52.9 Å². The van der Waals surface area contributed by atoms with Crippen molar-refractivity contribution in [1.82, 2.24) is 15.0 Å². The van der Waals surface area contributed by atoms with E-state index in [1.54, 1.807) is 0 Å². The first-order chi connectivity index (χ1) is 11.7. The molecule has 4 rings (SSSR count). The van der Waals surface area contributed by atoms with Gasteiger partial charge in [0, 0.05) is 42.2 Å². The number of aryl methyl sites for hydroxylation is 1. The molecule has 2 aromatic heterocycles. The maximum Gasteiger partial charge on any atom is 0.132 e. The highest BCUT2D eigenvalue weighted by Crippen LogP contribution is 2.23. The molecule has 1 fully saturated rings. The van der Waals surface area contributed by atoms with E-state index >= 15 is 0 Å². The largest absolute Gasteiger partial charge is 0.353 e. The van der Waals surface area contributed by atoms with E-state index in [2.05, 4.69) is 60.0 Å². The van der Waals surface area contributed by atoms with E-state index in [-0.39, 0.29) is 0 Å². The molecule has 0 bridgehead atoms. The fraction of sp³-hybridized carbons (Fsp3) is 0.278. The number of rotatable bonds is 2. The van der Waals surface area contributed by atoms with Gasteiger partial charge in [-0.2, -0.15) is 0 Å². The third kappa shape index (κ3) is 3.06. The molecule has 1 aliphatic rings. The Balaban J connectivity index is 1.50. The fourth-order valence-corrected chi connectivity index (χ4v) is 3.43. The number of anilines is 2. The van der Waals surface area contributed by atoms with Crippen LogP contribution in [0, 0.1) is 6.92 Å². The molecule has 1 saturated heterocycles. The summed E-state index contributed by atoms with van der Waals surface area (Å²) in [5, 5.41) is 1.16. The zero-order valence-corrected chi connectivity index (χ0v) is 15.1. The zero-order chi connectivity index (χ0) is 16.5. The van der Waals surface area contributed by atoms with Crippen molar-refractivity contribution in [1.29, 1.82) is 0 Å². The predicted molar refractivity (Wildman–Crippen MR) is 101 cm³/mol. The van der Waals surface area contributed by atoms with Gasteiger partial charge in [-0.25, -0.2) is 15.0 Å². The molecule has 0 amide bonds. The number of pyridine rings is 1. The topological polar surface area (TPSA) is 45.2 Å². The summed E-state index contributed by atoms with van der Waals surface area (Å²) in [6.07, 6.45) is 1.83. The summed E-state index contributed by atoms with van der Waals surface area (Å²) >= 11 is 3.51. The van der Waals surface area contributed by atoms with Gasteiger partial charge in [0.05, 0.1) is 5.52 Å². The molecule has 0 radical (unpaired) electrons. The molecular formula is C18H18BrN5. The number of fused-ring (bicyclic) bond motifs is 1. The van der Waals surface area contributed by atoms with Gasteiger partial charge in [-0.1, -0.05) is 15.9 Å². The molecule has 3 aromatic rings. The SMILES string of the molecule is Cc1nccc(N2CCN(c3ccc4cc(Br)ccc4n3)CC2)n1. The minimum Gasteiger partial charge on any atom is -0.353 e. The average molecular weight is 384 g/mol. The van der Waals surface area contributed by atoms with Gasteiger partial charge in [-0.15, -0.1) is 0 Å². The Hall–Kier alpha value is -2.21. The maximum absolute atomic E-state index is 4.81. The van der Waals surface area contributed by atoms with E-state index in [4.69, 9.17) is 4.98 Å². The summed E-state index contributed by atoms with van der Waals surface area (Å²) in [5.74, 6) is 2.87. The number of halogens is 1. The standard InChI is InChI=1S/C18H18BrN5/c1-13-20-7-6-18(21-13)24-10-8-23(9-11-24)17-5-2-14-12-15(19)3-4-16(14)22-17/h2-7,12H,8-11H2,1H3. The van der Waals surface area contributed by atoms with Crippen LogP contribution in [-0.4, -0.2) is 41.1 Å². The van der Waals surface area contributed by atoms with Crippen LogP contribution >= 0.6 is 15.9 Å². The van der Waals surface area contributed by atoms with Crippen LogP contribution < -0.4 is 9.80 Å². The van der Waals surface area contributed by atoms with E-state index in [0.29, 0.717) is 0 Å². The normalized spacial score (nSPS) is 15.1.